The minimum absolute atomic E-state index is 0.115. The molecule has 0 saturated heterocycles. The van der Waals surface area contributed by atoms with Gasteiger partial charge in [-0.25, -0.2) is 22.9 Å². The number of H-pyrrole nitrogens is 2. The zero-order valence-electron chi connectivity index (χ0n) is 10.8. The maximum atomic E-state index is 12.2. The van der Waals surface area contributed by atoms with Crippen molar-refractivity contribution in [3.63, 3.8) is 0 Å². The fourth-order valence-corrected chi connectivity index (χ4v) is 3.61. The van der Waals surface area contributed by atoms with Gasteiger partial charge in [0, 0.05) is 24.5 Å². The van der Waals surface area contributed by atoms with Crippen molar-refractivity contribution in [2.75, 3.05) is 6.54 Å². The van der Waals surface area contributed by atoms with Crippen LogP contribution < -0.4 is 10.4 Å². The Bertz CT molecular complexity index is 910. The summed E-state index contributed by atoms with van der Waals surface area (Å²) in [4.78, 5) is 20.5. The molecule has 9 heteroatoms. The highest BCUT2D eigenvalue weighted by atomic mass is 32.2. The fourth-order valence-electron chi connectivity index (χ4n) is 1.93. The Morgan fingerprint density at radius 2 is 2.05 bits per heavy atom. The van der Waals surface area contributed by atoms with E-state index in [4.69, 9.17) is 0 Å². The standard InChI is InChI=1S/C12H12N4O3S2/c17-12-15-9-2-1-8(7-10(9)16-12)21(18,19)14-4-3-11-13-5-6-20-11/h1-2,5-7,14H,3-4H2,(H2,15,16,17). The summed E-state index contributed by atoms with van der Waals surface area (Å²) in [6.45, 7) is 0.275. The first kappa shape index (κ1) is 14.0. The van der Waals surface area contributed by atoms with E-state index in [1.165, 1.54) is 23.5 Å². The summed E-state index contributed by atoms with van der Waals surface area (Å²) >= 11 is 1.48. The van der Waals surface area contributed by atoms with Crippen LogP contribution in [0.5, 0.6) is 0 Å². The molecule has 1 aromatic carbocycles. The monoisotopic (exact) mass is 324 g/mol. The van der Waals surface area contributed by atoms with Gasteiger partial charge in [0.2, 0.25) is 10.0 Å². The van der Waals surface area contributed by atoms with Gasteiger partial charge in [-0.05, 0) is 18.2 Å². The molecule has 0 saturated carbocycles. The van der Waals surface area contributed by atoms with Gasteiger partial charge in [0.05, 0.1) is 20.9 Å². The van der Waals surface area contributed by atoms with Gasteiger partial charge in [-0.15, -0.1) is 11.3 Å². The summed E-state index contributed by atoms with van der Waals surface area (Å²) in [5.41, 5.74) is 0.667. The van der Waals surface area contributed by atoms with Crippen molar-refractivity contribution in [1.82, 2.24) is 19.7 Å². The van der Waals surface area contributed by atoms with E-state index in [2.05, 4.69) is 19.7 Å². The summed E-state index contributed by atoms with van der Waals surface area (Å²) < 4.78 is 26.9. The number of nitrogens with one attached hydrogen (secondary N) is 3. The van der Waals surface area contributed by atoms with Gasteiger partial charge >= 0.3 is 5.69 Å². The van der Waals surface area contributed by atoms with Crippen LogP contribution in [0.3, 0.4) is 0 Å². The predicted molar refractivity (Wildman–Crippen MR) is 79.9 cm³/mol. The number of thiazole rings is 1. The molecule has 0 spiro atoms. The van der Waals surface area contributed by atoms with E-state index in [-0.39, 0.29) is 17.1 Å². The van der Waals surface area contributed by atoms with Gasteiger partial charge in [-0.3, -0.25) is 0 Å². The molecule has 2 heterocycles. The average molecular weight is 324 g/mol. The molecule has 0 aliphatic heterocycles. The number of imidazole rings is 1. The van der Waals surface area contributed by atoms with E-state index < -0.39 is 10.0 Å². The molecular formula is C12H12N4O3S2. The number of aromatic amines is 2. The highest BCUT2D eigenvalue weighted by molar-refractivity contribution is 7.89. The van der Waals surface area contributed by atoms with Crippen LogP contribution in [0.2, 0.25) is 0 Å². The first-order valence-corrected chi connectivity index (χ1v) is 8.51. The molecule has 3 N–H and O–H groups in total. The topological polar surface area (TPSA) is 108 Å². The smallest absolute Gasteiger partial charge is 0.306 e. The van der Waals surface area contributed by atoms with Crippen LogP contribution in [0.1, 0.15) is 5.01 Å². The second-order valence-electron chi connectivity index (χ2n) is 4.36. The second kappa shape index (κ2) is 5.43. The molecule has 110 valence electrons. The van der Waals surface area contributed by atoms with E-state index in [0.717, 1.165) is 5.01 Å². The SMILES string of the molecule is O=c1[nH]c2ccc(S(=O)(=O)NCCc3nccs3)cc2[nH]1. The van der Waals surface area contributed by atoms with E-state index >= 15 is 0 Å². The Morgan fingerprint density at radius 3 is 2.81 bits per heavy atom. The number of nitrogens with zero attached hydrogens (tertiary/aromatic N) is 1. The van der Waals surface area contributed by atoms with Crippen molar-refractivity contribution in [1.29, 1.82) is 0 Å². The van der Waals surface area contributed by atoms with E-state index in [9.17, 15) is 13.2 Å². The van der Waals surface area contributed by atoms with Gasteiger partial charge in [0.15, 0.2) is 0 Å². The first-order valence-electron chi connectivity index (χ1n) is 6.15. The lowest BCUT2D eigenvalue weighted by Crippen LogP contribution is -2.25. The Hall–Kier alpha value is -1.97. The molecule has 2 aromatic heterocycles. The minimum atomic E-state index is -3.60. The van der Waals surface area contributed by atoms with E-state index in [0.29, 0.717) is 17.5 Å². The first-order chi connectivity index (χ1) is 10.0. The molecule has 0 fully saturated rings. The lowest BCUT2D eigenvalue weighted by Gasteiger charge is -2.05. The maximum Gasteiger partial charge on any atom is 0.323 e. The number of sulfonamides is 1. The van der Waals surface area contributed by atoms with Crippen LogP contribution in [0, 0.1) is 0 Å². The van der Waals surface area contributed by atoms with Crippen molar-refractivity contribution in [2.45, 2.75) is 11.3 Å². The molecule has 0 radical (unpaired) electrons. The summed E-state index contributed by atoms with van der Waals surface area (Å²) in [6.07, 6.45) is 2.23. The lowest BCUT2D eigenvalue weighted by atomic mass is 10.3. The van der Waals surface area contributed by atoms with Gasteiger partial charge in [0.25, 0.3) is 0 Å². The molecule has 0 unspecified atom stereocenters. The van der Waals surface area contributed by atoms with Crippen LogP contribution in [-0.4, -0.2) is 29.9 Å². The third-order valence-corrected chi connectivity index (χ3v) is 5.21. The molecule has 0 amide bonds. The summed E-state index contributed by atoms with van der Waals surface area (Å²) in [5.74, 6) is 0. The van der Waals surface area contributed by atoms with Gasteiger partial charge in [-0.1, -0.05) is 0 Å². The summed E-state index contributed by atoms with van der Waals surface area (Å²) in [6, 6.07) is 4.44. The van der Waals surface area contributed by atoms with Crippen LogP contribution in [0.4, 0.5) is 0 Å². The zero-order chi connectivity index (χ0) is 14.9. The fraction of sp³-hybridized carbons (Fsp3) is 0.167. The number of hydrogen-bond donors (Lipinski definition) is 3. The largest absolute Gasteiger partial charge is 0.323 e. The molecule has 0 aliphatic rings. The normalized spacial score (nSPS) is 12.0. The maximum absolute atomic E-state index is 12.2. The molecule has 21 heavy (non-hydrogen) atoms. The quantitative estimate of drug-likeness (QED) is 0.646. The van der Waals surface area contributed by atoms with Crippen molar-refractivity contribution < 1.29 is 8.42 Å². The summed E-state index contributed by atoms with van der Waals surface area (Å²) in [7, 11) is -3.60. The van der Waals surface area contributed by atoms with Crippen LogP contribution >= 0.6 is 11.3 Å². The number of aromatic nitrogens is 3. The average Bonchev–Trinajstić information content (AvgIpc) is 3.05. The molecule has 7 nitrogen and oxygen atoms in total. The van der Waals surface area contributed by atoms with Crippen LogP contribution in [0.25, 0.3) is 11.0 Å². The molecule has 0 bridgehead atoms. The number of hydrogen-bond acceptors (Lipinski definition) is 5. The Balaban J connectivity index is 1.77. The third-order valence-electron chi connectivity index (χ3n) is 2.91. The third kappa shape index (κ3) is 3.04. The minimum Gasteiger partial charge on any atom is -0.306 e. The molecule has 3 aromatic rings. The molecule has 0 atom stereocenters. The molecule has 0 aliphatic carbocycles. The number of rotatable bonds is 5. The molecular weight excluding hydrogens is 312 g/mol. The highest BCUT2D eigenvalue weighted by Gasteiger charge is 2.14. The van der Waals surface area contributed by atoms with E-state index in [1.807, 2.05) is 5.38 Å². The van der Waals surface area contributed by atoms with Gasteiger partial charge in [-0.2, -0.15) is 0 Å². The zero-order valence-corrected chi connectivity index (χ0v) is 12.4. The van der Waals surface area contributed by atoms with Crippen molar-refractivity contribution in [3.8, 4) is 0 Å². The van der Waals surface area contributed by atoms with Crippen LogP contribution in [-0.2, 0) is 16.4 Å². The Labute approximate surface area is 124 Å². The summed E-state index contributed by atoms with van der Waals surface area (Å²) in [5, 5.41) is 2.73. The number of fused-ring (bicyclic) bond motifs is 1. The van der Waals surface area contributed by atoms with Crippen molar-refractivity contribution >= 4 is 32.4 Å². The number of benzene rings is 1. The Morgan fingerprint density at radius 1 is 1.24 bits per heavy atom. The highest BCUT2D eigenvalue weighted by Crippen LogP contribution is 2.15. The van der Waals surface area contributed by atoms with Crippen LogP contribution in [0.15, 0.2) is 39.5 Å². The lowest BCUT2D eigenvalue weighted by molar-refractivity contribution is 0.581. The van der Waals surface area contributed by atoms with E-state index in [1.54, 1.807) is 12.3 Å². The predicted octanol–water partition coefficient (Wildman–Crippen LogP) is 0.834. The van der Waals surface area contributed by atoms with Gasteiger partial charge in [0.1, 0.15) is 0 Å². The van der Waals surface area contributed by atoms with Gasteiger partial charge < -0.3 is 9.97 Å². The van der Waals surface area contributed by atoms with Crippen molar-refractivity contribution in [3.05, 3.63) is 45.3 Å². The Kier molecular flexibility index (Phi) is 3.62. The van der Waals surface area contributed by atoms with Crippen molar-refractivity contribution in [2.24, 2.45) is 0 Å². The second-order valence-corrected chi connectivity index (χ2v) is 7.11. The molecule has 3 rings (SSSR count).